The number of nitrogens with one attached hydrogen (secondary N) is 2. The molecule has 2 amide bonds. The molecule has 0 fully saturated rings. The van der Waals surface area contributed by atoms with Gasteiger partial charge < -0.3 is 15.2 Å². The molecule has 2 N–H and O–H groups in total. The Bertz CT molecular complexity index is 1220. The van der Waals surface area contributed by atoms with Gasteiger partial charge in [0.15, 0.2) is 0 Å². The third kappa shape index (κ3) is 3.24. The Balaban J connectivity index is 1.57. The van der Waals surface area contributed by atoms with Crippen LogP contribution >= 0.6 is 0 Å². The highest BCUT2D eigenvalue weighted by molar-refractivity contribution is 5.91. The van der Waals surface area contributed by atoms with Gasteiger partial charge in [-0.2, -0.15) is 0 Å². The Morgan fingerprint density at radius 2 is 1.77 bits per heavy atom. The number of aromatic amines is 1. The van der Waals surface area contributed by atoms with E-state index in [0.29, 0.717) is 6.54 Å². The first-order valence-electron chi connectivity index (χ1n) is 10.4. The molecule has 0 radical (unpaired) electrons. The van der Waals surface area contributed by atoms with Gasteiger partial charge in [0.25, 0.3) is 0 Å². The van der Waals surface area contributed by atoms with E-state index >= 15 is 0 Å². The number of para-hydroxylation sites is 1. The Labute approximate surface area is 176 Å². The molecule has 150 valence electrons. The number of nitrogens with zero attached hydrogens (tertiary/aromatic N) is 1. The van der Waals surface area contributed by atoms with Crippen molar-refractivity contribution in [1.29, 1.82) is 0 Å². The van der Waals surface area contributed by atoms with Gasteiger partial charge in [-0.3, -0.25) is 0 Å². The van der Waals surface area contributed by atoms with Crippen LogP contribution in [0.1, 0.15) is 34.0 Å². The zero-order valence-electron chi connectivity index (χ0n) is 17.3. The summed E-state index contributed by atoms with van der Waals surface area (Å²) >= 11 is 0. The van der Waals surface area contributed by atoms with Gasteiger partial charge in [0.2, 0.25) is 0 Å². The number of fused-ring (bicyclic) bond motifs is 3. The predicted molar refractivity (Wildman–Crippen MR) is 122 cm³/mol. The number of anilines is 1. The number of aromatic nitrogens is 1. The fourth-order valence-corrected chi connectivity index (χ4v) is 4.47. The molecule has 5 rings (SSSR count). The predicted octanol–water partition coefficient (Wildman–Crippen LogP) is 5.96. The normalized spacial score (nSPS) is 15.8. The van der Waals surface area contributed by atoms with Gasteiger partial charge in [-0.1, -0.05) is 60.2 Å². The largest absolute Gasteiger partial charge is 0.356 e. The minimum absolute atomic E-state index is 0.0736. The van der Waals surface area contributed by atoms with Crippen molar-refractivity contribution >= 4 is 22.6 Å². The maximum absolute atomic E-state index is 13.4. The highest BCUT2D eigenvalue weighted by atomic mass is 16.2. The molecule has 2 heterocycles. The van der Waals surface area contributed by atoms with E-state index in [9.17, 15) is 4.79 Å². The maximum Gasteiger partial charge on any atom is 0.322 e. The lowest BCUT2D eigenvalue weighted by molar-refractivity contribution is 0.193. The number of aryl methyl sites for hydroxylation is 2. The number of hydrogen-bond acceptors (Lipinski definition) is 1. The van der Waals surface area contributed by atoms with Crippen LogP contribution < -0.4 is 5.32 Å². The van der Waals surface area contributed by atoms with Gasteiger partial charge in [-0.15, -0.1) is 0 Å². The molecular formula is C26H25N3O. The SMILES string of the molecule is Cc1ccc([C@@H]2c3[nH]c4ccccc4c3CCN2C(=O)Nc2cccc(C)c2)cc1. The summed E-state index contributed by atoms with van der Waals surface area (Å²) in [5.74, 6) is 0. The number of carbonyl (C=O) groups is 1. The summed E-state index contributed by atoms with van der Waals surface area (Å²) < 4.78 is 0. The number of amides is 2. The molecule has 1 aliphatic rings. The van der Waals surface area contributed by atoms with E-state index in [1.807, 2.05) is 42.2 Å². The minimum atomic E-state index is -0.147. The van der Waals surface area contributed by atoms with Gasteiger partial charge in [0, 0.05) is 28.8 Å². The lowest BCUT2D eigenvalue weighted by Gasteiger charge is -2.36. The number of H-pyrrole nitrogens is 1. The first-order valence-corrected chi connectivity index (χ1v) is 10.4. The fourth-order valence-electron chi connectivity index (χ4n) is 4.47. The fraction of sp³-hybridized carbons (Fsp3) is 0.192. The van der Waals surface area contributed by atoms with Crippen LogP contribution in [-0.2, 0) is 6.42 Å². The second kappa shape index (κ2) is 7.38. The Morgan fingerprint density at radius 1 is 0.967 bits per heavy atom. The average Bonchev–Trinajstić information content (AvgIpc) is 3.12. The van der Waals surface area contributed by atoms with Crippen LogP contribution in [0.5, 0.6) is 0 Å². The zero-order valence-corrected chi connectivity index (χ0v) is 17.3. The summed E-state index contributed by atoms with van der Waals surface area (Å²) in [4.78, 5) is 18.9. The molecule has 30 heavy (non-hydrogen) atoms. The summed E-state index contributed by atoms with van der Waals surface area (Å²) in [5, 5.41) is 4.35. The van der Waals surface area contributed by atoms with Crippen molar-refractivity contribution in [3.8, 4) is 0 Å². The first-order chi connectivity index (χ1) is 14.6. The quantitative estimate of drug-likeness (QED) is 0.432. The zero-order chi connectivity index (χ0) is 20.7. The Hall–Kier alpha value is -3.53. The van der Waals surface area contributed by atoms with E-state index in [1.165, 1.54) is 16.5 Å². The molecule has 0 saturated heterocycles. The van der Waals surface area contributed by atoms with E-state index in [4.69, 9.17) is 0 Å². The van der Waals surface area contributed by atoms with Crippen molar-refractivity contribution in [3.05, 3.63) is 101 Å². The lowest BCUT2D eigenvalue weighted by atomic mass is 9.92. The molecular weight excluding hydrogens is 370 g/mol. The maximum atomic E-state index is 13.4. The Morgan fingerprint density at radius 3 is 2.57 bits per heavy atom. The summed E-state index contributed by atoms with van der Waals surface area (Å²) in [6.07, 6.45) is 0.836. The van der Waals surface area contributed by atoms with Crippen LogP contribution in [0.3, 0.4) is 0 Å². The van der Waals surface area contributed by atoms with Crippen LogP contribution in [0.15, 0.2) is 72.8 Å². The smallest absolute Gasteiger partial charge is 0.322 e. The summed E-state index contributed by atoms with van der Waals surface area (Å²) in [7, 11) is 0. The first kappa shape index (κ1) is 18.5. The highest BCUT2D eigenvalue weighted by Gasteiger charge is 2.34. The number of carbonyl (C=O) groups excluding carboxylic acids is 1. The molecule has 0 bridgehead atoms. The third-order valence-electron chi connectivity index (χ3n) is 5.96. The van der Waals surface area contributed by atoms with Crippen molar-refractivity contribution in [2.45, 2.75) is 26.3 Å². The van der Waals surface area contributed by atoms with Gasteiger partial charge in [0.1, 0.15) is 0 Å². The summed E-state index contributed by atoms with van der Waals surface area (Å²) in [6.45, 7) is 4.79. The van der Waals surface area contributed by atoms with Gasteiger partial charge in [-0.05, 0) is 55.2 Å². The topological polar surface area (TPSA) is 48.1 Å². The molecule has 0 unspecified atom stereocenters. The third-order valence-corrected chi connectivity index (χ3v) is 5.96. The molecule has 0 saturated carbocycles. The molecule has 4 aromatic rings. The second-order valence-corrected chi connectivity index (χ2v) is 8.12. The van der Waals surface area contributed by atoms with Crippen molar-refractivity contribution < 1.29 is 4.79 Å². The Kier molecular flexibility index (Phi) is 4.55. The van der Waals surface area contributed by atoms with E-state index in [1.54, 1.807) is 0 Å². The van der Waals surface area contributed by atoms with Gasteiger partial charge >= 0.3 is 6.03 Å². The number of rotatable bonds is 2. The van der Waals surface area contributed by atoms with Crippen molar-refractivity contribution in [2.24, 2.45) is 0 Å². The van der Waals surface area contributed by atoms with E-state index in [2.05, 4.69) is 59.7 Å². The molecule has 0 aliphatic carbocycles. The van der Waals surface area contributed by atoms with Crippen LogP contribution in [0, 0.1) is 13.8 Å². The van der Waals surface area contributed by atoms with Crippen molar-refractivity contribution in [3.63, 3.8) is 0 Å². The number of benzene rings is 3. The summed E-state index contributed by atoms with van der Waals surface area (Å²) in [5.41, 5.74) is 7.83. The van der Waals surface area contributed by atoms with Gasteiger partial charge in [-0.25, -0.2) is 4.79 Å². The highest BCUT2D eigenvalue weighted by Crippen LogP contribution is 2.38. The second-order valence-electron chi connectivity index (χ2n) is 8.12. The van der Waals surface area contributed by atoms with Crippen LogP contribution in [0.25, 0.3) is 10.9 Å². The number of urea groups is 1. The lowest BCUT2D eigenvalue weighted by Crippen LogP contribution is -2.43. The minimum Gasteiger partial charge on any atom is -0.356 e. The van der Waals surface area contributed by atoms with E-state index < -0.39 is 0 Å². The van der Waals surface area contributed by atoms with E-state index in [-0.39, 0.29) is 12.1 Å². The molecule has 4 heteroatoms. The molecule has 4 nitrogen and oxygen atoms in total. The van der Waals surface area contributed by atoms with Gasteiger partial charge in [0.05, 0.1) is 6.04 Å². The molecule has 1 atom stereocenters. The van der Waals surface area contributed by atoms with Crippen molar-refractivity contribution in [1.82, 2.24) is 9.88 Å². The molecule has 3 aromatic carbocycles. The molecule has 1 aromatic heterocycles. The average molecular weight is 396 g/mol. The monoisotopic (exact) mass is 395 g/mol. The van der Waals surface area contributed by atoms with Crippen LogP contribution in [0.4, 0.5) is 10.5 Å². The number of hydrogen-bond donors (Lipinski definition) is 2. The van der Waals surface area contributed by atoms with Crippen LogP contribution in [-0.4, -0.2) is 22.5 Å². The molecule has 1 aliphatic heterocycles. The summed E-state index contributed by atoms with van der Waals surface area (Å²) in [6, 6.07) is 24.6. The van der Waals surface area contributed by atoms with Crippen LogP contribution in [0.2, 0.25) is 0 Å². The standard InChI is InChI=1S/C26H25N3O/c1-17-10-12-19(13-11-17)25-24-22(21-8-3-4-9-23(21)28-24)14-15-29(25)26(30)27-20-7-5-6-18(2)16-20/h3-13,16,25,28H,14-15H2,1-2H3,(H,27,30)/t25-/m1/s1. The van der Waals surface area contributed by atoms with Crippen molar-refractivity contribution in [2.75, 3.05) is 11.9 Å². The molecule has 0 spiro atoms. The van der Waals surface area contributed by atoms with E-state index in [0.717, 1.165) is 34.4 Å².